The van der Waals surface area contributed by atoms with Crippen molar-refractivity contribution in [2.24, 2.45) is 0 Å². The molecule has 0 bridgehead atoms. The number of hydrogen-bond acceptors (Lipinski definition) is 5. The topological polar surface area (TPSA) is 75.9 Å². The van der Waals surface area contributed by atoms with Gasteiger partial charge in [-0.1, -0.05) is 11.6 Å². The Bertz CT molecular complexity index is 812. The average molecular weight is 355 g/mol. The average Bonchev–Trinajstić information content (AvgIpc) is 2.67. The van der Waals surface area contributed by atoms with E-state index >= 15 is 0 Å². The molecule has 1 aliphatic rings. The maximum atomic E-state index is 12.8. The minimum atomic E-state index is -0.407. The number of carbonyl (C=O) groups excluding carboxylic acids is 1. The Kier molecular flexibility index (Phi) is 5.06. The number of carbonyl (C=O) groups is 1. The van der Waals surface area contributed by atoms with Crippen molar-refractivity contribution in [2.75, 3.05) is 38.2 Å². The third-order valence-corrected chi connectivity index (χ3v) is 4.58. The quantitative estimate of drug-likeness (QED) is 0.623. The molecule has 1 heterocycles. The molecule has 1 amide bonds. The minimum absolute atomic E-state index is 0.0334. The van der Waals surface area contributed by atoms with Gasteiger partial charge in [0.15, 0.2) is 0 Å². The molecular formula is C19H21N3O4. The lowest BCUT2D eigenvalue weighted by molar-refractivity contribution is -0.384. The molecular weight excluding hydrogens is 334 g/mol. The monoisotopic (exact) mass is 355 g/mol. The maximum Gasteiger partial charge on any atom is 0.269 e. The van der Waals surface area contributed by atoms with Gasteiger partial charge in [0.25, 0.3) is 11.6 Å². The number of methoxy groups -OCH3 is 1. The predicted molar refractivity (Wildman–Crippen MR) is 98.9 cm³/mol. The molecule has 0 spiro atoms. The van der Waals surface area contributed by atoms with Gasteiger partial charge in [-0.25, -0.2) is 0 Å². The number of benzene rings is 2. The molecule has 26 heavy (non-hydrogen) atoms. The zero-order chi connectivity index (χ0) is 18.7. The molecule has 2 aromatic carbocycles. The molecule has 0 N–H and O–H groups in total. The highest BCUT2D eigenvalue weighted by atomic mass is 16.6. The number of ether oxygens (including phenoxy) is 1. The summed E-state index contributed by atoms with van der Waals surface area (Å²) in [5.74, 6) is 0.548. The lowest BCUT2D eigenvalue weighted by Crippen LogP contribution is -2.48. The number of piperazine rings is 1. The number of hydrogen-bond donors (Lipinski definition) is 0. The first-order chi connectivity index (χ1) is 12.5. The van der Waals surface area contributed by atoms with Crippen molar-refractivity contribution in [1.82, 2.24) is 4.90 Å². The Morgan fingerprint density at radius 3 is 2.31 bits per heavy atom. The number of rotatable bonds is 4. The molecule has 7 heteroatoms. The molecule has 0 saturated carbocycles. The van der Waals surface area contributed by atoms with E-state index in [4.69, 9.17) is 4.74 Å². The van der Waals surface area contributed by atoms with E-state index in [-0.39, 0.29) is 11.6 Å². The number of aryl methyl sites for hydroxylation is 1. The van der Waals surface area contributed by atoms with Crippen molar-refractivity contribution in [3.05, 3.63) is 63.7 Å². The van der Waals surface area contributed by atoms with Gasteiger partial charge in [-0.2, -0.15) is 0 Å². The van der Waals surface area contributed by atoms with Crippen molar-refractivity contribution < 1.29 is 14.5 Å². The van der Waals surface area contributed by atoms with E-state index in [1.807, 2.05) is 30.0 Å². The Morgan fingerprint density at radius 2 is 1.73 bits per heavy atom. The second-order valence-corrected chi connectivity index (χ2v) is 6.26. The highest BCUT2D eigenvalue weighted by molar-refractivity contribution is 5.97. The summed E-state index contributed by atoms with van der Waals surface area (Å²) >= 11 is 0. The van der Waals surface area contributed by atoms with E-state index in [1.54, 1.807) is 19.2 Å². The van der Waals surface area contributed by atoms with Crippen LogP contribution >= 0.6 is 0 Å². The normalized spacial score (nSPS) is 14.2. The summed E-state index contributed by atoms with van der Waals surface area (Å²) in [5.41, 5.74) is 2.60. The summed E-state index contributed by atoms with van der Waals surface area (Å²) < 4.78 is 5.32. The van der Waals surface area contributed by atoms with Crippen molar-refractivity contribution in [3.63, 3.8) is 0 Å². The number of amides is 1. The molecule has 1 fully saturated rings. The first-order valence-electron chi connectivity index (χ1n) is 8.43. The fourth-order valence-electron chi connectivity index (χ4n) is 3.11. The van der Waals surface area contributed by atoms with E-state index in [1.165, 1.54) is 12.1 Å². The fourth-order valence-corrected chi connectivity index (χ4v) is 3.11. The van der Waals surface area contributed by atoms with Gasteiger partial charge < -0.3 is 14.5 Å². The van der Waals surface area contributed by atoms with Crippen molar-refractivity contribution >= 4 is 17.3 Å². The maximum absolute atomic E-state index is 12.8. The SMILES string of the molecule is COc1ccc(C)cc1C(=O)N1CCN(c2ccc([N+](=O)[O-])cc2)CC1. The van der Waals surface area contributed by atoms with Gasteiger partial charge in [0.2, 0.25) is 0 Å². The van der Waals surface area contributed by atoms with E-state index in [0.29, 0.717) is 37.5 Å². The van der Waals surface area contributed by atoms with E-state index in [9.17, 15) is 14.9 Å². The van der Waals surface area contributed by atoms with Crippen LogP contribution in [0.4, 0.5) is 11.4 Å². The minimum Gasteiger partial charge on any atom is -0.496 e. The van der Waals surface area contributed by atoms with E-state index < -0.39 is 4.92 Å². The zero-order valence-corrected chi connectivity index (χ0v) is 14.8. The Balaban J connectivity index is 1.67. The zero-order valence-electron chi connectivity index (χ0n) is 14.8. The van der Waals surface area contributed by atoms with Crippen molar-refractivity contribution in [2.45, 2.75) is 6.92 Å². The lowest BCUT2D eigenvalue weighted by Gasteiger charge is -2.36. The molecule has 3 rings (SSSR count). The number of nitro benzene ring substituents is 1. The Morgan fingerprint density at radius 1 is 1.08 bits per heavy atom. The van der Waals surface area contributed by atoms with Crippen LogP contribution in [0, 0.1) is 17.0 Å². The molecule has 136 valence electrons. The molecule has 1 aliphatic heterocycles. The van der Waals surface area contributed by atoms with Gasteiger partial charge in [-0.3, -0.25) is 14.9 Å². The summed E-state index contributed by atoms with van der Waals surface area (Å²) in [4.78, 5) is 27.1. The van der Waals surface area contributed by atoms with Crippen LogP contribution in [0.3, 0.4) is 0 Å². The fraction of sp³-hybridized carbons (Fsp3) is 0.316. The standard InChI is InChI=1S/C19H21N3O4/c1-14-3-8-18(26-2)17(13-14)19(23)21-11-9-20(10-12-21)15-4-6-16(7-5-15)22(24)25/h3-8,13H,9-12H2,1-2H3. The van der Waals surface area contributed by atoms with Crippen LogP contribution in [0.5, 0.6) is 5.75 Å². The lowest BCUT2D eigenvalue weighted by atomic mass is 10.1. The van der Waals surface area contributed by atoms with Crippen LogP contribution < -0.4 is 9.64 Å². The summed E-state index contributed by atoms with van der Waals surface area (Å²) in [6.07, 6.45) is 0. The van der Waals surface area contributed by atoms with Crippen LogP contribution in [-0.2, 0) is 0 Å². The largest absolute Gasteiger partial charge is 0.496 e. The number of nitrogens with zero attached hydrogens (tertiary/aromatic N) is 3. The van der Waals surface area contributed by atoms with Crippen LogP contribution in [0.1, 0.15) is 15.9 Å². The highest BCUT2D eigenvalue weighted by Crippen LogP contribution is 2.24. The van der Waals surface area contributed by atoms with Crippen LogP contribution in [-0.4, -0.2) is 49.0 Å². The summed E-state index contributed by atoms with van der Waals surface area (Å²) in [6.45, 7) is 4.48. The number of non-ortho nitro benzene ring substituents is 1. The first kappa shape index (κ1) is 17.7. The van der Waals surface area contributed by atoms with E-state index in [0.717, 1.165) is 11.3 Å². The van der Waals surface area contributed by atoms with Gasteiger partial charge in [-0.15, -0.1) is 0 Å². The Hall–Kier alpha value is -3.09. The molecule has 7 nitrogen and oxygen atoms in total. The van der Waals surface area contributed by atoms with Crippen LogP contribution in [0.25, 0.3) is 0 Å². The highest BCUT2D eigenvalue weighted by Gasteiger charge is 2.24. The number of anilines is 1. The number of nitro groups is 1. The molecule has 0 aromatic heterocycles. The third-order valence-electron chi connectivity index (χ3n) is 4.58. The molecule has 1 saturated heterocycles. The molecule has 0 aliphatic carbocycles. The summed E-state index contributed by atoms with van der Waals surface area (Å²) in [7, 11) is 1.56. The van der Waals surface area contributed by atoms with Crippen LogP contribution in [0.2, 0.25) is 0 Å². The van der Waals surface area contributed by atoms with Crippen molar-refractivity contribution in [1.29, 1.82) is 0 Å². The van der Waals surface area contributed by atoms with Gasteiger partial charge >= 0.3 is 0 Å². The van der Waals surface area contributed by atoms with Gasteiger partial charge in [0.1, 0.15) is 5.75 Å². The van der Waals surface area contributed by atoms with Crippen molar-refractivity contribution in [3.8, 4) is 5.75 Å². The second-order valence-electron chi connectivity index (χ2n) is 6.26. The van der Waals surface area contributed by atoms with Gasteiger partial charge in [0.05, 0.1) is 17.6 Å². The van der Waals surface area contributed by atoms with Gasteiger partial charge in [-0.05, 0) is 31.2 Å². The van der Waals surface area contributed by atoms with E-state index in [2.05, 4.69) is 4.90 Å². The molecule has 0 atom stereocenters. The third kappa shape index (κ3) is 3.61. The molecule has 2 aromatic rings. The second kappa shape index (κ2) is 7.43. The smallest absolute Gasteiger partial charge is 0.269 e. The summed E-state index contributed by atoms with van der Waals surface area (Å²) in [6, 6.07) is 12.1. The van der Waals surface area contributed by atoms with Crippen LogP contribution in [0.15, 0.2) is 42.5 Å². The first-order valence-corrected chi connectivity index (χ1v) is 8.43. The van der Waals surface area contributed by atoms with Gasteiger partial charge in [0, 0.05) is 44.0 Å². The molecule has 0 radical (unpaired) electrons. The predicted octanol–water partition coefficient (Wildman–Crippen LogP) is 2.87. The Labute approximate surface area is 151 Å². The molecule has 0 unspecified atom stereocenters. The summed E-state index contributed by atoms with van der Waals surface area (Å²) in [5, 5.41) is 10.8.